The van der Waals surface area contributed by atoms with Crippen molar-refractivity contribution in [3.8, 4) is 0 Å². The van der Waals surface area contributed by atoms with E-state index in [0.29, 0.717) is 0 Å². The third kappa shape index (κ3) is 2.26. The highest BCUT2D eigenvalue weighted by Gasteiger charge is 2.12. The second kappa shape index (κ2) is 4.94. The van der Waals surface area contributed by atoms with Crippen LogP contribution in [-0.4, -0.2) is 9.55 Å². The first kappa shape index (κ1) is 12.6. The minimum atomic E-state index is 0.205. The number of halogens is 1. The largest absolute Gasteiger partial charge is 0.331 e. The van der Waals surface area contributed by atoms with Crippen molar-refractivity contribution in [1.82, 2.24) is 9.55 Å². The van der Waals surface area contributed by atoms with Crippen LogP contribution in [0, 0.1) is 4.77 Å². The molecule has 2 nitrogen and oxygen atoms in total. The molecule has 2 aromatic carbocycles. The first-order chi connectivity index (χ1) is 9.16. The zero-order chi connectivity index (χ0) is 13.4. The molecule has 3 aromatic rings. The third-order valence-electron chi connectivity index (χ3n) is 3.36. The minimum Gasteiger partial charge on any atom is -0.331 e. The van der Waals surface area contributed by atoms with Crippen molar-refractivity contribution in [3.05, 3.63) is 63.3 Å². The van der Waals surface area contributed by atoms with E-state index in [1.54, 1.807) is 0 Å². The number of rotatable bonds is 2. The van der Waals surface area contributed by atoms with Crippen molar-refractivity contribution < 1.29 is 0 Å². The van der Waals surface area contributed by atoms with Crippen LogP contribution < -0.4 is 0 Å². The number of benzene rings is 2. The maximum absolute atomic E-state index is 5.45. The summed E-state index contributed by atoms with van der Waals surface area (Å²) >= 11 is 8.92. The number of nitrogens with one attached hydrogen (secondary N) is 1. The summed E-state index contributed by atoms with van der Waals surface area (Å²) in [5.41, 5.74) is 3.46. The van der Waals surface area contributed by atoms with Crippen molar-refractivity contribution in [2.24, 2.45) is 0 Å². The monoisotopic (exact) mass is 332 g/mol. The first-order valence-electron chi connectivity index (χ1n) is 6.11. The normalized spacial score (nSPS) is 12.7. The van der Waals surface area contributed by atoms with Crippen LogP contribution in [0.25, 0.3) is 11.0 Å². The average Bonchev–Trinajstić information content (AvgIpc) is 2.74. The molecule has 0 amide bonds. The summed E-state index contributed by atoms with van der Waals surface area (Å²) in [5, 5.41) is 0. The molecule has 0 aliphatic rings. The molecule has 0 bridgehead atoms. The number of imidazole rings is 1. The highest BCUT2D eigenvalue weighted by molar-refractivity contribution is 9.10. The van der Waals surface area contributed by atoms with Gasteiger partial charge in [0.15, 0.2) is 4.77 Å². The lowest BCUT2D eigenvalue weighted by atomic mass is 10.1. The number of H-pyrrole nitrogens is 1. The van der Waals surface area contributed by atoms with Crippen molar-refractivity contribution in [2.45, 2.75) is 13.0 Å². The Hall–Kier alpha value is -1.39. The van der Waals surface area contributed by atoms with Crippen LogP contribution in [0.15, 0.2) is 53.0 Å². The van der Waals surface area contributed by atoms with Gasteiger partial charge >= 0.3 is 0 Å². The van der Waals surface area contributed by atoms with Crippen molar-refractivity contribution >= 4 is 39.2 Å². The summed E-state index contributed by atoms with van der Waals surface area (Å²) in [5.74, 6) is 0. The lowest BCUT2D eigenvalue weighted by molar-refractivity contribution is 0.649. The predicted octanol–water partition coefficient (Wildman–Crippen LogP) is 5.07. The van der Waals surface area contributed by atoms with Crippen LogP contribution in [0.5, 0.6) is 0 Å². The molecule has 0 aliphatic carbocycles. The summed E-state index contributed by atoms with van der Waals surface area (Å²) in [4.78, 5) is 3.26. The fraction of sp³-hybridized carbons (Fsp3) is 0.133. The Morgan fingerprint density at radius 1 is 1.11 bits per heavy atom. The zero-order valence-electron chi connectivity index (χ0n) is 10.4. The molecular formula is C15H13BrN2S. The van der Waals surface area contributed by atoms with E-state index < -0.39 is 0 Å². The number of aromatic amines is 1. The van der Waals surface area contributed by atoms with Crippen LogP contribution in [0.3, 0.4) is 0 Å². The van der Waals surface area contributed by atoms with Crippen LogP contribution in [0.2, 0.25) is 0 Å². The molecule has 1 heterocycles. The number of fused-ring (bicyclic) bond motifs is 1. The Labute approximate surface area is 125 Å². The number of nitrogens with zero attached hydrogens (tertiary/aromatic N) is 1. The van der Waals surface area contributed by atoms with E-state index in [0.717, 1.165) is 20.3 Å². The zero-order valence-corrected chi connectivity index (χ0v) is 12.8. The molecule has 0 radical (unpaired) electrons. The van der Waals surface area contributed by atoms with E-state index in [9.17, 15) is 0 Å². The van der Waals surface area contributed by atoms with E-state index >= 15 is 0 Å². The minimum absolute atomic E-state index is 0.205. The molecule has 0 aliphatic heterocycles. The van der Waals surface area contributed by atoms with E-state index in [-0.39, 0.29) is 6.04 Å². The van der Waals surface area contributed by atoms with Gasteiger partial charge in [-0.3, -0.25) is 0 Å². The Morgan fingerprint density at radius 3 is 2.53 bits per heavy atom. The van der Waals surface area contributed by atoms with Crippen LogP contribution >= 0.6 is 28.1 Å². The SMILES string of the molecule is CC(c1ccc(Br)cc1)n1c(=S)[nH]c2ccccc21. The van der Waals surface area contributed by atoms with Gasteiger partial charge in [-0.2, -0.15) is 0 Å². The van der Waals surface area contributed by atoms with E-state index in [4.69, 9.17) is 12.2 Å². The van der Waals surface area contributed by atoms with Gasteiger partial charge in [0, 0.05) is 4.47 Å². The van der Waals surface area contributed by atoms with Crippen molar-refractivity contribution in [2.75, 3.05) is 0 Å². The third-order valence-corrected chi connectivity index (χ3v) is 4.19. The van der Waals surface area contributed by atoms with Gasteiger partial charge in [-0.25, -0.2) is 0 Å². The number of hydrogen-bond acceptors (Lipinski definition) is 1. The highest BCUT2D eigenvalue weighted by atomic mass is 79.9. The van der Waals surface area contributed by atoms with Gasteiger partial charge in [0.1, 0.15) is 0 Å². The predicted molar refractivity (Wildman–Crippen MR) is 85.1 cm³/mol. The van der Waals surface area contributed by atoms with Crippen LogP contribution in [0.1, 0.15) is 18.5 Å². The highest BCUT2D eigenvalue weighted by Crippen LogP contribution is 2.25. The summed E-state index contributed by atoms with van der Waals surface area (Å²) in [6, 6.07) is 16.8. The molecule has 1 N–H and O–H groups in total. The summed E-state index contributed by atoms with van der Waals surface area (Å²) in [6.07, 6.45) is 0. The fourth-order valence-corrected chi connectivity index (χ4v) is 2.98. The topological polar surface area (TPSA) is 20.7 Å². The molecule has 1 unspecified atom stereocenters. The maximum atomic E-state index is 5.45. The molecule has 96 valence electrons. The molecule has 1 atom stereocenters. The number of para-hydroxylation sites is 2. The van der Waals surface area contributed by atoms with Gasteiger partial charge in [0.2, 0.25) is 0 Å². The van der Waals surface area contributed by atoms with Gasteiger partial charge in [-0.15, -0.1) is 0 Å². The number of hydrogen-bond donors (Lipinski definition) is 1. The van der Waals surface area contributed by atoms with Crippen molar-refractivity contribution in [1.29, 1.82) is 0 Å². The van der Waals surface area contributed by atoms with Gasteiger partial charge in [0.05, 0.1) is 17.1 Å². The molecular weight excluding hydrogens is 320 g/mol. The van der Waals surface area contributed by atoms with E-state index in [1.807, 2.05) is 12.1 Å². The van der Waals surface area contributed by atoms with E-state index in [1.165, 1.54) is 5.56 Å². The quantitative estimate of drug-likeness (QED) is 0.649. The maximum Gasteiger partial charge on any atom is 0.178 e. The van der Waals surface area contributed by atoms with Gasteiger partial charge < -0.3 is 9.55 Å². The van der Waals surface area contributed by atoms with Gasteiger partial charge in [-0.1, -0.05) is 40.2 Å². The molecule has 4 heteroatoms. The average molecular weight is 333 g/mol. The summed E-state index contributed by atoms with van der Waals surface area (Å²) < 4.78 is 4.01. The fourth-order valence-electron chi connectivity index (χ4n) is 2.35. The Balaban J connectivity index is 2.16. The molecule has 1 aromatic heterocycles. The summed E-state index contributed by atoms with van der Waals surface area (Å²) in [6.45, 7) is 2.17. The van der Waals surface area contributed by atoms with Crippen LogP contribution in [0.4, 0.5) is 0 Å². The van der Waals surface area contributed by atoms with Gasteiger partial charge in [-0.05, 0) is 49.0 Å². The molecule has 0 fully saturated rings. The van der Waals surface area contributed by atoms with E-state index in [2.05, 4.69) is 68.8 Å². The molecule has 0 saturated carbocycles. The smallest absolute Gasteiger partial charge is 0.178 e. The summed E-state index contributed by atoms with van der Waals surface area (Å²) in [7, 11) is 0. The second-order valence-electron chi connectivity index (χ2n) is 4.54. The standard InChI is InChI=1S/C15H13BrN2S/c1-10(11-6-8-12(16)9-7-11)18-14-5-3-2-4-13(14)17-15(18)19/h2-10H,1H3,(H,17,19). The molecule has 19 heavy (non-hydrogen) atoms. The van der Waals surface area contributed by atoms with Gasteiger partial charge in [0.25, 0.3) is 0 Å². The molecule has 0 saturated heterocycles. The lowest BCUT2D eigenvalue weighted by Gasteiger charge is -2.15. The Morgan fingerprint density at radius 2 is 1.79 bits per heavy atom. The Kier molecular flexibility index (Phi) is 3.29. The lowest BCUT2D eigenvalue weighted by Crippen LogP contribution is -2.06. The number of aromatic nitrogens is 2. The van der Waals surface area contributed by atoms with Crippen LogP contribution in [-0.2, 0) is 0 Å². The Bertz CT molecular complexity index is 771. The van der Waals surface area contributed by atoms with Crippen molar-refractivity contribution in [3.63, 3.8) is 0 Å². The first-order valence-corrected chi connectivity index (χ1v) is 7.31. The molecule has 0 spiro atoms. The second-order valence-corrected chi connectivity index (χ2v) is 5.85. The molecule has 3 rings (SSSR count).